The number of nitrogens with zero attached hydrogens (tertiary/aromatic N) is 3. The van der Waals surface area contributed by atoms with Gasteiger partial charge < -0.3 is 15.6 Å². The van der Waals surface area contributed by atoms with Gasteiger partial charge in [0, 0.05) is 12.6 Å². The van der Waals surface area contributed by atoms with Gasteiger partial charge in [0.25, 0.3) is 0 Å². The van der Waals surface area contributed by atoms with Crippen LogP contribution in [-0.4, -0.2) is 47.8 Å². The fourth-order valence-electron chi connectivity index (χ4n) is 2.20. The number of nitrogens with one attached hydrogen (secondary N) is 2. The van der Waals surface area contributed by atoms with Crippen LogP contribution in [0, 0.1) is 5.92 Å². The SMILES string of the molecule is CSc1nc(NN)cc(NCC2CCN(C)CC2)n1. The third kappa shape index (κ3) is 4.22. The monoisotopic (exact) mass is 282 g/mol. The molecule has 1 fully saturated rings. The first kappa shape index (κ1) is 14.4. The van der Waals surface area contributed by atoms with Crippen LogP contribution in [0.1, 0.15) is 12.8 Å². The summed E-state index contributed by atoms with van der Waals surface area (Å²) in [7, 11) is 2.18. The number of hydrogen-bond acceptors (Lipinski definition) is 7. The van der Waals surface area contributed by atoms with Crippen molar-refractivity contribution in [2.45, 2.75) is 18.0 Å². The molecule has 7 heteroatoms. The Kier molecular flexibility index (Phi) is 5.24. The molecule has 0 radical (unpaired) electrons. The van der Waals surface area contributed by atoms with Gasteiger partial charge in [-0.1, -0.05) is 11.8 Å². The Labute approximate surface area is 118 Å². The predicted octanol–water partition coefficient (Wildman–Crippen LogP) is 1.24. The number of rotatable bonds is 5. The fourth-order valence-corrected chi connectivity index (χ4v) is 2.58. The van der Waals surface area contributed by atoms with Crippen molar-refractivity contribution >= 4 is 23.4 Å². The van der Waals surface area contributed by atoms with E-state index in [1.54, 1.807) is 0 Å². The molecule has 2 rings (SSSR count). The summed E-state index contributed by atoms with van der Waals surface area (Å²) in [5.41, 5.74) is 2.57. The van der Waals surface area contributed by atoms with Gasteiger partial charge in [-0.05, 0) is 45.2 Å². The van der Waals surface area contributed by atoms with E-state index in [4.69, 9.17) is 5.84 Å². The van der Waals surface area contributed by atoms with Crippen molar-refractivity contribution in [2.75, 3.05) is 43.7 Å². The first-order valence-electron chi connectivity index (χ1n) is 6.53. The van der Waals surface area contributed by atoms with E-state index in [2.05, 4.69) is 32.7 Å². The van der Waals surface area contributed by atoms with Gasteiger partial charge in [-0.25, -0.2) is 15.8 Å². The van der Waals surface area contributed by atoms with Gasteiger partial charge in [-0.15, -0.1) is 0 Å². The van der Waals surface area contributed by atoms with Crippen molar-refractivity contribution in [3.8, 4) is 0 Å². The number of hydrogen-bond donors (Lipinski definition) is 3. The Morgan fingerprint density at radius 2 is 2.05 bits per heavy atom. The van der Waals surface area contributed by atoms with E-state index in [1.165, 1.54) is 37.7 Å². The number of likely N-dealkylation sites (tertiary alicyclic amines) is 1. The zero-order valence-corrected chi connectivity index (χ0v) is 12.3. The molecule has 0 amide bonds. The first-order chi connectivity index (χ1) is 9.21. The Morgan fingerprint density at radius 1 is 1.37 bits per heavy atom. The Balaban J connectivity index is 1.91. The van der Waals surface area contributed by atoms with E-state index < -0.39 is 0 Å². The van der Waals surface area contributed by atoms with Crippen LogP contribution in [0.2, 0.25) is 0 Å². The minimum Gasteiger partial charge on any atom is -0.370 e. The van der Waals surface area contributed by atoms with Crippen molar-refractivity contribution in [1.29, 1.82) is 0 Å². The zero-order valence-electron chi connectivity index (χ0n) is 11.5. The van der Waals surface area contributed by atoms with E-state index in [-0.39, 0.29) is 0 Å². The number of thioether (sulfide) groups is 1. The molecule has 1 aliphatic rings. The second kappa shape index (κ2) is 6.93. The van der Waals surface area contributed by atoms with Crippen molar-refractivity contribution in [3.05, 3.63) is 6.07 Å². The third-order valence-corrected chi connectivity index (χ3v) is 3.99. The van der Waals surface area contributed by atoms with Gasteiger partial charge >= 0.3 is 0 Å². The van der Waals surface area contributed by atoms with Crippen LogP contribution in [-0.2, 0) is 0 Å². The lowest BCUT2D eigenvalue weighted by Crippen LogP contribution is -2.33. The fraction of sp³-hybridized carbons (Fsp3) is 0.667. The maximum atomic E-state index is 5.41. The van der Waals surface area contributed by atoms with Crippen molar-refractivity contribution < 1.29 is 0 Å². The Morgan fingerprint density at radius 3 is 2.68 bits per heavy atom. The molecule has 1 saturated heterocycles. The summed E-state index contributed by atoms with van der Waals surface area (Å²) in [6.07, 6.45) is 4.44. The predicted molar refractivity (Wildman–Crippen MR) is 80.3 cm³/mol. The Bertz CT molecular complexity index is 383. The molecule has 106 valence electrons. The average Bonchev–Trinajstić information content (AvgIpc) is 2.46. The molecule has 4 N–H and O–H groups in total. The molecule has 1 aromatic rings. The molecule has 6 nitrogen and oxygen atoms in total. The topological polar surface area (TPSA) is 79.1 Å². The summed E-state index contributed by atoms with van der Waals surface area (Å²) in [6, 6.07) is 1.84. The standard InChI is InChI=1S/C12H22N6S/c1-18-5-3-9(4-6-18)8-14-10-7-11(17-13)16-12(15-10)19-2/h7,9H,3-6,8,13H2,1-2H3,(H2,14,15,16,17). The average molecular weight is 282 g/mol. The highest BCUT2D eigenvalue weighted by molar-refractivity contribution is 7.98. The second-order valence-electron chi connectivity index (χ2n) is 4.90. The van der Waals surface area contributed by atoms with E-state index in [9.17, 15) is 0 Å². The molecular formula is C12H22N6S. The van der Waals surface area contributed by atoms with Crippen LogP contribution in [0.15, 0.2) is 11.2 Å². The molecule has 0 spiro atoms. The number of hydrazine groups is 1. The number of aromatic nitrogens is 2. The van der Waals surface area contributed by atoms with E-state index in [0.717, 1.165) is 23.4 Å². The van der Waals surface area contributed by atoms with Gasteiger partial charge in [-0.2, -0.15) is 0 Å². The maximum absolute atomic E-state index is 5.41. The molecule has 0 atom stereocenters. The highest BCUT2D eigenvalue weighted by Crippen LogP contribution is 2.19. The molecule has 1 aromatic heterocycles. The lowest BCUT2D eigenvalue weighted by molar-refractivity contribution is 0.226. The van der Waals surface area contributed by atoms with Crippen LogP contribution in [0.4, 0.5) is 11.6 Å². The number of anilines is 2. The lowest BCUT2D eigenvalue weighted by atomic mass is 9.97. The molecule has 0 unspecified atom stereocenters. The van der Waals surface area contributed by atoms with Crippen LogP contribution in [0.5, 0.6) is 0 Å². The van der Waals surface area contributed by atoms with E-state index >= 15 is 0 Å². The van der Waals surface area contributed by atoms with E-state index in [0.29, 0.717) is 5.82 Å². The van der Waals surface area contributed by atoms with Gasteiger partial charge in [-0.3, -0.25) is 0 Å². The summed E-state index contributed by atoms with van der Waals surface area (Å²) in [5, 5.41) is 4.12. The number of nitrogen functional groups attached to an aromatic ring is 1. The van der Waals surface area contributed by atoms with Crippen molar-refractivity contribution in [3.63, 3.8) is 0 Å². The highest BCUT2D eigenvalue weighted by Gasteiger charge is 2.16. The molecule has 0 saturated carbocycles. The van der Waals surface area contributed by atoms with E-state index in [1.807, 2.05) is 12.3 Å². The number of piperidine rings is 1. The highest BCUT2D eigenvalue weighted by atomic mass is 32.2. The molecule has 0 aliphatic carbocycles. The zero-order chi connectivity index (χ0) is 13.7. The lowest BCUT2D eigenvalue weighted by Gasteiger charge is -2.29. The third-order valence-electron chi connectivity index (χ3n) is 3.45. The molecule has 2 heterocycles. The minimum absolute atomic E-state index is 0.644. The molecule has 0 bridgehead atoms. The first-order valence-corrected chi connectivity index (χ1v) is 7.76. The summed E-state index contributed by atoms with van der Waals surface area (Å²) < 4.78 is 0. The quantitative estimate of drug-likeness (QED) is 0.324. The second-order valence-corrected chi connectivity index (χ2v) is 5.67. The largest absolute Gasteiger partial charge is 0.370 e. The molecule has 19 heavy (non-hydrogen) atoms. The van der Waals surface area contributed by atoms with Gasteiger partial charge in [0.2, 0.25) is 0 Å². The smallest absolute Gasteiger partial charge is 0.191 e. The van der Waals surface area contributed by atoms with Crippen LogP contribution in [0.3, 0.4) is 0 Å². The molecular weight excluding hydrogens is 260 g/mol. The van der Waals surface area contributed by atoms with Crippen LogP contribution >= 0.6 is 11.8 Å². The molecule has 0 aromatic carbocycles. The summed E-state index contributed by atoms with van der Waals surface area (Å²) in [4.78, 5) is 11.1. The van der Waals surface area contributed by atoms with Crippen molar-refractivity contribution in [2.24, 2.45) is 11.8 Å². The van der Waals surface area contributed by atoms with Gasteiger partial charge in [0.1, 0.15) is 11.6 Å². The molecule has 1 aliphatic heterocycles. The van der Waals surface area contributed by atoms with Crippen LogP contribution in [0.25, 0.3) is 0 Å². The Hall–Kier alpha value is -1.05. The number of nitrogens with two attached hydrogens (primary N) is 1. The van der Waals surface area contributed by atoms with Crippen LogP contribution < -0.4 is 16.6 Å². The maximum Gasteiger partial charge on any atom is 0.191 e. The minimum atomic E-state index is 0.644. The normalized spacial score (nSPS) is 17.4. The summed E-state index contributed by atoms with van der Waals surface area (Å²) in [6.45, 7) is 3.33. The summed E-state index contributed by atoms with van der Waals surface area (Å²) >= 11 is 1.51. The van der Waals surface area contributed by atoms with Crippen molar-refractivity contribution in [1.82, 2.24) is 14.9 Å². The van der Waals surface area contributed by atoms with Gasteiger partial charge in [0.15, 0.2) is 5.16 Å². The summed E-state index contributed by atoms with van der Waals surface area (Å²) in [5.74, 6) is 7.62. The van der Waals surface area contributed by atoms with Gasteiger partial charge in [0.05, 0.1) is 0 Å².